The summed E-state index contributed by atoms with van der Waals surface area (Å²) >= 11 is 1.24. The Bertz CT molecular complexity index is 1450. The molecule has 3 aliphatic heterocycles. The van der Waals surface area contributed by atoms with Crippen LogP contribution >= 0.6 is 11.5 Å². The van der Waals surface area contributed by atoms with E-state index < -0.39 is 12.1 Å². The molecule has 39 heavy (non-hydrogen) atoms. The van der Waals surface area contributed by atoms with Gasteiger partial charge in [-0.15, -0.1) is 0 Å². The molecule has 4 aromatic rings. The normalized spacial score (nSPS) is 20.5. The van der Waals surface area contributed by atoms with E-state index in [0.717, 1.165) is 65.2 Å². The second-order valence-corrected chi connectivity index (χ2v) is 10.8. The van der Waals surface area contributed by atoms with Gasteiger partial charge in [0.25, 0.3) is 0 Å². The number of ether oxygens (including phenoxy) is 3. The zero-order valence-electron chi connectivity index (χ0n) is 21.7. The maximum absolute atomic E-state index is 12.2. The molecule has 0 radical (unpaired) electrons. The van der Waals surface area contributed by atoms with Gasteiger partial charge in [0, 0.05) is 57.1 Å². The number of aromatic nitrogens is 2. The van der Waals surface area contributed by atoms with Crippen LogP contribution in [0.4, 0.5) is 0 Å². The first-order chi connectivity index (χ1) is 19.0. The lowest BCUT2D eigenvalue weighted by Gasteiger charge is -2.34. The van der Waals surface area contributed by atoms with Gasteiger partial charge in [0.05, 0.1) is 10.1 Å². The summed E-state index contributed by atoms with van der Waals surface area (Å²) < 4.78 is 24.0. The number of hydrogen-bond acceptors (Lipinski definition) is 9. The highest BCUT2D eigenvalue weighted by Gasteiger charge is 2.25. The van der Waals surface area contributed by atoms with E-state index in [0.29, 0.717) is 18.2 Å². The first-order valence-corrected chi connectivity index (χ1v) is 13.8. The fourth-order valence-corrected chi connectivity index (χ4v) is 5.71. The van der Waals surface area contributed by atoms with Gasteiger partial charge < -0.3 is 24.2 Å². The Kier molecular flexibility index (Phi) is 7.32. The molecule has 1 fully saturated rings. The van der Waals surface area contributed by atoms with Gasteiger partial charge in [0.15, 0.2) is 0 Å². The van der Waals surface area contributed by atoms with Gasteiger partial charge in [-0.05, 0) is 54.0 Å². The summed E-state index contributed by atoms with van der Waals surface area (Å²) in [5.74, 6) is 0.659. The molecule has 5 heterocycles. The third-order valence-electron chi connectivity index (χ3n) is 7.16. The van der Waals surface area contributed by atoms with Crippen LogP contribution in [0.2, 0.25) is 0 Å². The van der Waals surface area contributed by atoms with E-state index in [9.17, 15) is 9.90 Å². The standard InChI is InChI=1S/C29H30N4O5S/c1-32-9-11-33(12-10-32)17-23-18-36-22-4-2-3-19(13-22)14-25(29(34)35)38-28-27-24(15-30-16-26(27)39-31-28)20-5-7-21(37-23)8-6-20/h2-8,13,15-16,23,25H,9-12,14,17-18H2,1H3,(H,34,35). The van der Waals surface area contributed by atoms with Crippen LogP contribution in [-0.4, -0.2) is 88.8 Å². The largest absolute Gasteiger partial charge is 0.490 e. The highest BCUT2D eigenvalue weighted by Crippen LogP contribution is 2.38. The third-order valence-corrected chi connectivity index (χ3v) is 7.93. The average Bonchev–Trinajstić information content (AvgIpc) is 3.36. The Labute approximate surface area is 230 Å². The number of piperazine rings is 1. The van der Waals surface area contributed by atoms with Gasteiger partial charge in [-0.2, -0.15) is 4.37 Å². The first-order valence-electron chi connectivity index (χ1n) is 13.0. The number of nitrogens with zero attached hydrogens (tertiary/aromatic N) is 4. The highest BCUT2D eigenvalue weighted by molar-refractivity contribution is 7.13. The molecule has 202 valence electrons. The minimum Gasteiger partial charge on any atom is -0.490 e. The summed E-state index contributed by atoms with van der Waals surface area (Å²) in [6.07, 6.45) is 2.35. The number of hydrogen-bond donors (Lipinski definition) is 1. The van der Waals surface area contributed by atoms with Gasteiger partial charge >= 0.3 is 5.97 Å². The lowest BCUT2D eigenvalue weighted by molar-refractivity contribution is -0.145. The topological polar surface area (TPSA) is 97.3 Å². The predicted octanol–water partition coefficient (Wildman–Crippen LogP) is 3.82. The van der Waals surface area contributed by atoms with E-state index in [4.69, 9.17) is 14.2 Å². The molecule has 4 bridgehead atoms. The number of likely N-dealkylation sites (N-methyl/N-ethyl adjacent to an activating group) is 1. The Morgan fingerprint density at radius 3 is 2.67 bits per heavy atom. The van der Waals surface area contributed by atoms with Crippen molar-refractivity contribution in [2.24, 2.45) is 0 Å². The quantitative estimate of drug-likeness (QED) is 0.411. The van der Waals surface area contributed by atoms with E-state index in [1.165, 1.54) is 11.5 Å². The van der Waals surface area contributed by atoms with E-state index >= 15 is 0 Å². The van der Waals surface area contributed by atoms with E-state index in [-0.39, 0.29) is 12.5 Å². The molecule has 7 rings (SSSR count). The van der Waals surface area contributed by atoms with Crippen LogP contribution in [-0.2, 0) is 11.2 Å². The van der Waals surface area contributed by atoms with Crippen molar-refractivity contribution >= 4 is 27.6 Å². The second-order valence-electron chi connectivity index (χ2n) is 10.0. The van der Waals surface area contributed by atoms with Crippen molar-refractivity contribution in [3.8, 4) is 28.5 Å². The van der Waals surface area contributed by atoms with Crippen LogP contribution in [0.1, 0.15) is 5.56 Å². The van der Waals surface area contributed by atoms with Gasteiger partial charge in [0.1, 0.15) is 24.2 Å². The summed E-state index contributed by atoms with van der Waals surface area (Å²) in [7, 11) is 2.14. The van der Waals surface area contributed by atoms with Crippen LogP contribution in [0.5, 0.6) is 17.4 Å². The molecule has 1 N–H and O–H groups in total. The van der Waals surface area contributed by atoms with E-state index in [2.05, 4.69) is 26.2 Å². The van der Waals surface area contributed by atoms with Gasteiger partial charge in [-0.3, -0.25) is 9.88 Å². The Balaban J connectivity index is 1.37. The maximum Gasteiger partial charge on any atom is 0.345 e. The molecule has 0 aliphatic carbocycles. The molecule has 0 spiro atoms. The molecular formula is C29H30N4O5S. The summed E-state index contributed by atoms with van der Waals surface area (Å²) in [5.41, 5.74) is 2.55. The molecule has 0 amide bonds. The fraction of sp³-hybridized carbons (Fsp3) is 0.345. The monoisotopic (exact) mass is 546 g/mol. The molecule has 3 aliphatic rings. The zero-order valence-corrected chi connectivity index (χ0v) is 22.5. The van der Waals surface area contributed by atoms with Gasteiger partial charge in [-0.1, -0.05) is 24.3 Å². The van der Waals surface area contributed by atoms with Crippen molar-refractivity contribution in [3.05, 3.63) is 66.5 Å². The van der Waals surface area contributed by atoms with Gasteiger partial charge in [-0.25, -0.2) is 4.79 Å². The number of carboxylic acid groups (broad SMARTS) is 1. The lowest BCUT2D eigenvalue weighted by Crippen LogP contribution is -2.49. The minimum atomic E-state index is -1.11. The molecule has 1 saturated heterocycles. The number of aliphatic carboxylic acids is 1. The number of carbonyl (C=O) groups is 1. The highest BCUT2D eigenvalue weighted by atomic mass is 32.1. The minimum absolute atomic E-state index is 0.168. The average molecular weight is 547 g/mol. The van der Waals surface area contributed by atoms with Crippen LogP contribution in [0.3, 0.4) is 0 Å². The van der Waals surface area contributed by atoms with Crippen molar-refractivity contribution in [2.45, 2.75) is 18.6 Å². The number of rotatable bonds is 3. The molecule has 2 aromatic heterocycles. The summed E-state index contributed by atoms with van der Waals surface area (Å²) in [6.45, 7) is 5.12. The van der Waals surface area contributed by atoms with Crippen molar-refractivity contribution in [1.29, 1.82) is 0 Å². The fourth-order valence-electron chi connectivity index (χ4n) is 4.99. The molecule has 2 atom stereocenters. The summed E-state index contributed by atoms with van der Waals surface area (Å²) in [6, 6.07) is 15.4. The molecule has 0 saturated carbocycles. The number of pyridine rings is 1. The van der Waals surface area contributed by atoms with Crippen molar-refractivity contribution < 1.29 is 24.1 Å². The Morgan fingerprint density at radius 2 is 1.87 bits per heavy atom. The van der Waals surface area contributed by atoms with Gasteiger partial charge in [0.2, 0.25) is 12.0 Å². The van der Waals surface area contributed by atoms with Crippen molar-refractivity contribution in [2.75, 3.05) is 46.4 Å². The van der Waals surface area contributed by atoms with Crippen LogP contribution in [0.25, 0.3) is 21.2 Å². The molecule has 10 heteroatoms. The smallest absolute Gasteiger partial charge is 0.345 e. The number of carboxylic acids is 1. The SMILES string of the molecule is CN1CCN(CC2COc3cccc(c3)CC(C(=O)O)Oc3nsc4cncc(c34)-c3ccc(cc3)O2)CC1. The molecular weight excluding hydrogens is 516 g/mol. The van der Waals surface area contributed by atoms with E-state index in [1.54, 1.807) is 12.4 Å². The Hall–Kier alpha value is -3.73. The number of benzene rings is 2. The lowest BCUT2D eigenvalue weighted by atomic mass is 10.0. The molecule has 2 aromatic carbocycles. The molecule has 9 nitrogen and oxygen atoms in total. The summed E-state index contributed by atoms with van der Waals surface area (Å²) in [5, 5.41) is 10.8. The van der Waals surface area contributed by atoms with Crippen LogP contribution < -0.4 is 14.2 Å². The summed E-state index contributed by atoms with van der Waals surface area (Å²) in [4.78, 5) is 21.3. The number of fused-ring (bicyclic) bond motifs is 7. The zero-order chi connectivity index (χ0) is 26.8. The maximum atomic E-state index is 12.2. The van der Waals surface area contributed by atoms with Crippen molar-refractivity contribution in [3.63, 3.8) is 0 Å². The van der Waals surface area contributed by atoms with Crippen LogP contribution in [0.15, 0.2) is 60.9 Å². The molecule has 2 unspecified atom stereocenters. The van der Waals surface area contributed by atoms with E-state index in [1.807, 2.05) is 48.5 Å². The predicted molar refractivity (Wildman–Crippen MR) is 149 cm³/mol. The third kappa shape index (κ3) is 5.83. The first kappa shape index (κ1) is 25.5. The second kappa shape index (κ2) is 11.2. The van der Waals surface area contributed by atoms with Crippen LogP contribution in [0, 0.1) is 0 Å². The Morgan fingerprint density at radius 1 is 1.05 bits per heavy atom. The van der Waals surface area contributed by atoms with Crippen molar-refractivity contribution in [1.82, 2.24) is 19.2 Å².